The molecule has 4 nitrogen and oxygen atoms in total. The van der Waals surface area contributed by atoms with Gasteiger partial charge in [-0.05, 0) is 38.4 Å². The van der Waals surface area contributed by atoms with Gasteiger partial charge in [-0.1, -0.05) is 0 Å². The Hall–Kier alpha value is -0.710. The van der Waals surface area contributed by atoms with Crippen LogP contribution in [0.15, 0.2) is 0 Å². The van der Waals surface area contributed by atoms with Crippen LogP contribution in [0.3, 0.4) is 0 Å². The number of hydrogen-bond acceptors (Lipinski definition) is 4. The normalized spacial score (nSPS) is 32.3. The minimum Gasteiger partial charge on any atom is -0.469 e. The molecule has 2 aliphatic heterocycles. The number of carbonyl (C=O) groups is 2. The summed E-state index contributed by atoms with van der Waals surface area (Å²) < 4.78 is 4.52. The van der Waals surface area contributed by atoms with Crippen LogP contribution in [0.5, 0.6) is 0 Å². The Labute approximate surface area is 112 Å². The van der Waals surface area contributed by atoms with E-state index in [1.54, 1.807) is 11.8 Å². The molecule has 2 atom stereocenters. The fourth-order valence-electron chi connectivity index (χ4n) is 2.80. The third kappa shape index (κ3) is 2.66. The Bertz CT molecular complexity index is 339. The largest absolute Gasteiger partial charge is 0.469 e. The van der Waals surface area contributed by atoms with Gasteiger partial charge < -0.3 is 9.64 Å². The van der Waals surface area contributed by atoms with E-state index in [0.717, 1.165) is 38.0 Å². The van der Waals surface area contributed by atoms with Gasteiger partial charge in [0.25, 0.3) is 0 Å². The molecule has 0 aromatic rings. The van der Waals surface area contributed by atoms with Gasteiger partial charge in [0.2, 0.25) is 5.91 Å². The first-order valence-electron chi connectivity index (χ1n) is 6.58. The molecule has 1 unspecified atom stereocenters. The smallest absolute Gasteiger partial charge is 0.310 e. The van der Waals surface area contributed by atoms with Crippen LogP contribution in [0, 0.1) is 5.92 Å². The second-order valence-corrected chi connectivity index (χ2v) is 6.89. The molecular formula is C13H21NO3S. The molecule has 2 aliphatic rings. The lowest BCUT2D eigenvalue weighted by Gasteiger charge is -2.36. The fourth-order valence-corrected chi connectivity index (χ4v) is 4.08. The van der Waals surface area contributed by atoms with Crippen molar-refractivity contribution in [3.63, 3.8) is 0 Å². The molecule has 0 bridgehead atoms. The summed E-state index contributed by atoms with van der Waals surface area (Å²) in [6.07, 6.45) is 3.80. The van der Waals surface area contributed by atoms with Gasteiger partial charge in [-0.3, -0.25) is 9.59 Å². The fraction of sp³-hybridized carbons (Fsp3) is 0.846. The van der Waals surface area contributed by atoms with E-state index in [-0.39, 0.29) is 22.5 Å². The second-order valence-electron chi connectivity index (χ2n) is 5.30. The van der Waals surface area contributed by atoms with Crippen molar-refractivity contribution < 1.29 is 14.3 Å². The van der Waals surface area contributed by atoms with Crippen LogP contribution in [0.1, 0.15) is 32.6 Å². The number of piperidine rings is 1. The Morgan fingerprint density at radius 3 is 2.78 bits per heavy atom. The summed E-state index contributed by atoms with van der Waals surface area (Å²) in [4.78, 5) is 26.0. The monoisotopic (exact) mass is 271 g/mol. The van der Waals surface area contributed by atoms with Crippen molar-refractivity contribution in [1.82, 2.24) is 4.90 Å². The standard InChI is InChI=1S/C13H21NO3S/c1-13(6-4-8-18-13)12(16)14-7-3-5-10(9-14)11(15)17-2/h10H,3-9H2,1-2H3/t10-,13?/m0/s1. The van der Waals surface area contributed by atoms with Crippen molar-refractivity contribution in [2.75, 3.05) is 26.0 Å². The lowest BCUT2D eigenvalue weighted by molar-refractivity contribution is -0.149. The molecule has 0 aliphatic carbocycles. The number of carbonyl (C=O) groups excluding carboxylic acids is 2. The van der Waals surface area contributed by atoms with Gasteiger partial charge in [-0.2, -0.15) is 0 Å². The molecule has 0 aromatic heterocycles. The maximum atomic E-state index is 12.5. The molecule has 0 radical (unpaired) electrons. The van der Waals surface area contributed by atoms with Crippen molar-refractivity contribution >= 4 is 23.6 Å². The van der Waals surface area contributed by atoms with E-state index < -0.39 is 0 Å². The lowest BCUT2D eigenvalue weighted by Crippen LogP contribution is -2.49. The minimum absolute atomic E-state index is 0.136. The van der Waals surface area contributed by atoms with E-state index in [1.807, 2.05) is 11.8 Å². The molecule has 0 N–H and O–H groups in total. The van der Waals surface area contributed by atoms with Crippen LogP contribution in [-0.4, -0.2) is 47.5 Å². The number of esters is 1. The highest BCUT2D eigenvalue weighted by molar-refractivity contribution is 8.01. The van der Waals surface area contributed by atoms with Gasteiger partial charge in [-0.15, -0.1) is 11.8 Å². The highest BCUT2D eigenvalue weighted by Crippen LogP contribution is 2.39. The van der Waals surface area contributed by atoms with Crippen LogP contribution in [0.2, 0.25) is 0 Å². The maximum absolute atomic E-state index is 12.5. The van der Waals surface area contributed by atoms with Gasteiger partial charge in [0, 0.05) is 13.1 Å². The Morgan fingerprint density at radius 2 is 2.17 bits per heavy atom. The zero-order valence-electron chi connectivity index (χ0n) is 11.1. The second kappa shape index (κ2) is 5.51. The molecule has 2 rings (SSSR count). The highest BCUT2D eigenvalue weighted by Gasteiger charge is 2.41. The van der Waals surface area contributed by atoms with Gasteiger partial charge in [0.05, 0.1) is 17.8 Å². The molecule has 0 saturated carbocycles. The summed E-state index contributed by atoms with van der Waals surface area (Å²) in [6.45, 7) is 3.35. The predicted molar refractivity (Wildman–Crippen MR) is 71.4 cm³/mol. The quantitative estimate of drug-likeness (QED) is 0.717. The maximum Gasteiger partial charge on any atom is 0.310 e. The molecule has 2 fully saturated rings. The number of thioether (sulfide) groups is 1. The van der Waals surface area contributed by atoms with Crippen LogP contribution in [0.4, 0.5) is 0 Å². The number of likely N-dealkylation sites (tertiary alicyclic amines) is 1. The van der Waals surface area contributed by atoms with Crippen LogP contribution < -0.4 is 0 Å². The van der Waals surface area contributed by atoms with Crippen LogP contribution >= 0.6 is 11.8 Å². The Morgan fingerprint density at radius 1 is 1.39 bits per heavy atom. The van der Waals surface area contributed by atoms with Gasteiger partial charge in [0.1, 0.15) is 0 Å². The van der Waals surface area contributed by atoms with Gasteiger partial charge in [0.15, 0.2) is 0 Å². The van der Waals surface area contributed by atoms with Crippen molar-refractivity contribution in [3.8, 4) is 0 Å². The first-order chi connectivity index (χ1) is 8.57. The van der Waals surface area contributed by atoms with Gasteiger partial charge >= 0.3 is 5.97 Å². The third-order valence-corrected chi connectivity index (χ3v) is 5.42. The van der Waals surface area contributed by atoms with Crippen LogP contribution in [-0.2, 0) is 14.3 Å². The third-order valence-electron chi connectivity index (χ3n) is 3.91. The number of ether oxygens (including phenoxy) is 1. The van der Waals surface area contributed by atoms with E-state index in [0.29, 0.717) is 6.54 Å². The SMILES string of the molecule is COC(=O)[C@H]1CCCN(C(=O)C2(C)CCCS2)C1. The van der Waals surface area contributed by atoms with Crippen molar-refractivity contribution in [2.45, 2.75) is 37.4 Å². The Balaban J connectivity index is 2.00. The van der Waals surface area contributed by atoms with Crippen molar-refractivity contribution in [1.29, 1.82) is 0 Å². The minimum atomic E-state index is -0.266. The summed E-state index contributed by atoms with van der Waals surface area (Å²) in [5, 5.41) is 0. The lowest BCUT2D eigenvalue weighted by atomic mass is 9.95. The molecule has 102 valence electrons. The zero-order chi connectivity index (χ0) is 13.2. The van der Waals surface area contributed by atoms with E-state index in [9.17, 15) is 9.59 Å². The highest BCUT2D eigenvalue weighted by atomic mass is 32.2. The number of rotatable bonds is 2. The zero-order valence-corrected chi connectivity index (χ0v) is 11.9. The molecule has 5 heteroatoms. The van der Waals surface area contributed by atoms with E-state index >= 15 is 0 Å². The van der Waals surface area contributed by atoms with Crippen LogP contribution in [0.25, 0.3) is 0 Å². The van der Waals surface area contributed by atoms with Gasteiger partial charge in [-0.25, -0.2) is 0 Å². The first-order valence-corrected chi connectivity index (χ1v) is 7.56. The molecular weight excluding hydrogens is 250 g/mol. The van der Waals surface area contributed by atoms with E-state index in [4.69, 9.17) is 4.74 Å². The van der Waals surface area contributed by atoms with Crippen molar-refractivity contribution in [3.05, 3.63) is 0 Å². The Kier molecular flexibility index (Phi) is 4.20. The molecule has 2 saturated heterocycles. The average molecular weight is 271 g/mol. The summed E-state index contributed by atoms with van der Waals surface area (Å²) in [5.74, 6) is 0.953. The number of nitrogens with zero attached hydrogens (tertiary/aromatic N) is 1. The summed E-state index contributed by atoms with van der Waals surface area (Å²) in [6, 6.07) is 0. The number of hydrogen-bond donors (Lipinski definition) is 0. The average Bonchev–Trinajstić information content (AvgIpc) is 2.85. The molecule has 0 spiro atoms. The van der Waals surface area contributed by atoms with Crippen molar-refractivity contribution in [2.24, 2.45) is 5.92 Å². The molecule has 18 heavy (non-hydrogen) atoms. The summed E-state index contributed by atoms with van der Waals surface area (Å²) >= 11 is 1.75. The molecule has 2 heterocycles. The van der Waals surface area contributed by atoms with E-state index in [1.165, 1.54) is 7.11 Å². The van der Waals surface area contributed by atoms with E-state index in [2.05, 4.69) is 0 Å². The first kappa shape index (κ1) is 13.7. The number of methoxy groups -OCH3 is 1. The summed E-state index contributed by atoms with van der Waals surface area (Å²) in [7, 11) is 1.41. The number of amides is 1. The molecule has 1 amide bonds. The predicted octanol–water partition coefficient (Wildman–Crippen LogP) is 1.68. The summed E-state index contributed by atoms with van der Waals surface area (Å²) in [5.41, 5.74) is 0. The molecule has 0 aromatic carbocycles. The topological polar surface area (TPSA) is 46.6 Å².